The lowest BCUT2D eigenvalue weighted by Gasteiger charge is -2.18. The molecule has 0 spiro atoms. The molecule has 148 valence electrons. The summed E-state index contributed by atoms with van der Waals surface area (Å²) >= 11 is 4.63. The lowest BCUT2D eigenvalue weighted by Crippen LogP contribution is -2.08. The molecule has 0 bridgehead atoms. The van der Waals surface area contributed by atoms with E-state index in [-0.39, 0.29) is 11.0 Å². The summed E-state index contributed by atoms with van der Waals surface area (Å²) in [5.41, 5.74) is 3.55. The summed E-state index contributed by atoms with van der Waals surface area (Å²) < 4.78 is 6.03. The van der Waals surface area contributed by atoms with E-state index in [1.807, 2.05) is 37.2 Å². The van der Waals surface area contributed by atoms with E-state index in [1.54, 1.807) is 18.2 Å². The molecule has 0 radical (unpaired) electrons. The Kier molecular flexibility index (Phi) is 4.91. The van der Waals surface area contributed by atoms with Crippen LogP contribution in [-0.4, -0.2) is 30.3 Å². The number of carboxylic acid groups (broad SMARTS) is 1. The summed E-state index contributed by atoms with van der Waals surface area (Å²) in [5, 5.41) is 12.8. The van der Waals surface area contributed by atoms with Gasteiger partial charge in [0.25, 0.3) is 0 Å². The van der Waals surface area contributed by atoms with Gasteiger partial charge in [0.2, 0.25) is 0 Å². The first-order chi connectivity index (χ1) is 14.4. The highest BCUT2D eigenvalue weighted by Crippen LogP contribution is 2.42. The third kappa shape index (κ3) is 3.37. The van der Waals surface area contributed by atoms with Crippen molar-refractivity contribution in [3.05, 3.63) is 70.4 Å². The minimum absolute atomic E-state index is 0.0678. The lowest BCUT2D eigenvalue weighted by molar-refractivity contribution is 0.0698. The number of carbonyl (C=O) groups is 1. The van der Waals surface area contributed by atoms with Gasteiger partial charge < -0.3 is 14.4 Å². The van der Waals surface area contributed by atoms with Gasteiger partial charge in [0.05, 0.1) is 16.4 Å². The predicted molar refractivity (Wildman–Crippen MR) is 121 cm³/mol. The second kappa shape index (κ2) is 7.55. The zero-order valence-corrected chi connectivity index (χ0v) is 17.0. The van der Waals surface area contributed by atoms with Crippen LogP contribution in [0.3, 0.4) is 0 Å². The lowest BCUT2D eigenvalue weighted by atomic mass is 9.90. The number of aromatic carboxylic acids is 1. The summed E-state index contributed by atoms with van der Waals surface area (Å²) in [6.07, 6.45) is 0. The first-order valence-corrected chi connectivity index (χ1v) is 9.43. The second-order valence-corrected chi connectivity index (χ2v) is 7.13. The average molecular weight is 416 g/mol. The van der Waals surface area contributed by atoms with E-state index in [4.69, 9.17) is 4.42 Å². The van der Waals surface area contributed by atoms with Gasteiger partial charge in [0, 0.05) is 48.4 Å². The largest absolute Gasteiger partial charge is 0.478 e. The molecule has 0 atom stereocenters. The first kappa shape index (κ1) is 19.5. The molecule has 6 nitrogen and oxygen atoms in total. The monoisotopic (exact) mass is 416 g/mol. The molecule has 0 saturated heterocycles. The molecule has 0 unspecified atom stereocenters. The second-order valence-electron chi connectivity index (χ2n) is 6.95. The average Bonchev–Trinajstić information content (AvgIpc) is 2.71. The number of isothiocyanates is 1. The maximum atomic E-state index is 12.1. The van der Waals surface area contributed by atoms with Crippen LogP contribution in [0.5, 0.6) is 0 Å². The number of aliphatic imine (C=N–C) groups is 1. The summed E-state index contributed by atoms with van der Waals surface area (Å²) in [4.78, 5) is 29.8. The number of hydrogen-bond donors (Lipinski definition) is 1. The molecular weight excluding hydrogens is 400 g/mol. The number of thiocarbonyl (C=S) groups is 1. The van der Waals surface area contributed by atoms with Crippen LogP contribution in [0.25, 0.3) is 33.4 Å². The fraction of sp³-hybridized carbons (Fsp3) is 0.0870. The molecule has 4 rings (SSSR count). The molecule has 2 aromatic rings. The number of nitrogens with zero attached hydrogens (tertiary/aromatic N) is 2. The Morgan fingerprint density at radius 1 is 1.07 bits per heavy atom. The van der Waals surface area contributed by atoms with Crippen LogP contribution in [-0.2, 0) is 0 Å². The van der Waals surface area contributed by atoms with E-state index < -0.39 is 5.97 Å². The molecule has 30 heavy (non-hydrogen) atoms. The number of fused-ring (bicyclic) bond motifs is 2. The normalized spacial score (nSPS) is 10.7. The Morgan fingerprint density at radius 2 is 1.83 bits per heavy atom. The maximum Gasteiger partial charge on any atom is 0.336 e. The van der Waals surface area contributed by atoms with E-state index in [0.717, 1.165) is 11.1 Å². The van der Waals surface area contributed by atoms with Crippen LogP contribution >= 0.6 is 12.2 Å². The minimum Gasteiger partial charge on any atom is -0.478 e. The van der Waals surface area contributed by atoms with Gasteiger partial charge in [0.15, 0.2) is 5.43 Å². The Bertz CT molecular complexity index is 1380. The smallest absolute Gasteiger partial charge is 0.336 e. The SMILES string of the molecule is CN(C)c1ccc2c(-c3ccc(N=C=S)cc3C(=O)O)c3ccc(=O)cc-3oc2c1. The summed E-state index contributed by atoms with van der Waals surface area (Å²) in [7, 11) is 3.83. The molecule has 1 aliphatic heterocycles. The number of carboxylic acids is 1. The molecular formula is C23H16N2O4S. The topological polar surface area (TPSA) is 83.1 Å². The van der Waals surface area contributed by atoms with E-state index in [9.17, 15) is 14.7 Å². The fourth-order valence-electron chi connectivity index (χ4n) is 3.48. The Balaban J connectivity index is 2.15. The summed E-state index contributed by atoms with van der Waals surface area (Å²) in [6, 6.07) is 15.0. The fourth-order valence-corrected chi connectivity index (χ4v) is 3.58. The third-order valence-electron chi connectivity index (χ3n) is 4.87. The highest BCUT2D eigenvalue weighted by molar-refractivity contribution is 7.78. The van der Waals surface area contributed by atoms with Crippen LogP contribution in [0.2, 0.25) is 0 Å². The molecule has 0 fully saturated rings. The number of hydrogen-bond acceptors (Lipinski definition) is 6. The van der Waals surface area contributed by atoms with Crippen LogP contribution in [0.15, 0.2) is 68.8 Å². The van der Waals surface area contributed by atoms with Crippen molar-refractivity contribution < 1.29 is 14.3 Å². The van der Waals surface area contributed by atoms with Gasteiger partial charge in [0.1, 0.15) is 11.3 Å². The van der Waals surface area contributed by atoms with Gasteiger partial charge in [-0.3, -0.25) is 4.79 Å². The van der Waals surface area contributed by atoms with Gasteiger partial charge in [-0.15, -0.1) is 0 Å². The zero-order chi connectivity index (χ0) is 21.4. The quantitative estimate of drug-likeness (QED) is 0.284. The number of rotatable bonds is 4. The third-order valence-corrected chi connectivity index (χ3v) is 4.96. The van der Waals surface area contributed by atoms with Crippen molar-refractivity contribution in [1.82, 2.24) is 0 Å². The van der Waals surface area contributed by atoms with E-state index in [2.05, 4.69) is 22.4 Å². The molecule has 2 aromatic carbocycles. The van der Waals surface area contributed by atoms with Gasteiger partial charge in [-0.1, -0.05) is 6.07 Å². The van der Waals surface area contributed by atoms with Crippen molar-refractivity contribution >= 4 is 45.7 Å². The van der Waals surface area contributed by atoms with E-state index in [0.29, 0.717) is 33.7 Å². The van der Waals surface area contributed by atoms with Crippen molar-refractivity contribution in [3.8, 4) is 22.5 Å². The van der Waals surface area contributed by atoms with E-state index in [1.165, 1.54) is 18.2 Å². The van der Waals surface area contributed by atoms with E-state index >= 15 is 0 Å². The first-order valence-electron chi connectivity index (χ1n) is 9.02. The molecule has 0 saturated carbocycles. The molecule has 1 N–H and O–H groups in total. The van der Waals surface area contributed by atoms with Crippen molar-refractivity contribution in [2.45, 2.75) is 0 Å². The molecule has 1 heterocycles. The Hall–Kier alpha value is -3.80. The zero-order valence-electron chi connectivity index (χ0n) is 16.2. The van der Waals surface area contributed by atoms with Crippen molar-refractivity contribution in [2.24, 2.45) is 4.99 Å². The summed E-state index contributed by atoms with van der Waals surface area (Å²) in [5.74, 6) is -0.711. The predicted octanol–water partition coefficient (Wildman–Crippen LogP) is 5.06. The van der Waals surface area contributed by atoms with Crippen LogP contribution in [0, 0.1) is 0 Å². The maximum absolute atomic E-state index is 12.1. The molecule has 2 aliphatic rings. The van der Waals surface area contributed by atoms with Gasteiger partial charge in [-0.2, -0.15) is 4.99 Å². The highest BCUT2D eigenvalue weighted by Gasteiger charge is 2.22. The highest BCUT2D eigenvalue weighted by atomic mass is 32.1. The van der Waals surface area contributed by atoms with Crippen molar-refractivity contribution in [1.29, 1.82) is 0 Å². The minimum atomic E-state index is -1.10. The van der Waals surface area contributed by atoms with Crippen LogP contribution < -0.4 is 10.3 Å². The summed E-state index contributed by atoms with van der Waals surface area (Å²) in [6.45, 7) is 0. The van der Waals surface area contributed by atoms with Crippen LogP contribution in [0.1, 0.15) is 10.4 Å². The molecule has 7 heteroatoms. The van der Waals surface area contributed by atoms with Gasteiger partial charge in [-0.05, 0) is 54.2 Å². The molecule has 1 aliphatic carbocycles. The molecule has 0 aromatic heterocycles. The molecule has 0 amide bonds. The van der Waals surface area contributed by atoms with Crippen molar-refractivity contribution in [2.75, 3.05) is 19.0 Å². The van der Waals surface area contributed by atoms with Crippen molar-refractivity contribution in [3.63, 3.8) is 0 Å². The van der Waals surface area contributed by atoms with Crippen LogP contribution in [0.4, 0.5) is 11.4 Å². The Morgan fingerprint density at radius 3 is 2.53 bits per heavy atom. The number of anilines is 1. The van der Waals surface area contributed by atoms with Gasteiger partial charge >= 0.3 is 5.97 Å². The Labute approximate surface area is 177 Å². The standard InChI is InChI=1S/C23H16N2O4S/c1-25(2)14-4-7-17-20(10-14)29-21-11-15(26)5-8-18(21)22(17)16-6-3-13(24-12-30)9-19(16)23(27)28/h3-11H,1-2H3,(H,27,28). The van der Waals surface area contributed by atoms with Gasteiger partial charge in [-0.25, -0.2) is 4.79 Å². The number of benzene rings is 3.